The first kappa shape index (κ1) is 21.6. The van der Waals surface area contributed by atoms with Crippen molar-refractivity contribution in [1.82, 2.24) is 15.1 Å². The summed E-state index contributed by atoms with van der Waals surface area (Å²) in [6, 6.07) is 28.0. The highest BCUT2D eigenvalue weighted by atomic mass is 16.3. The minimum absolute atomic E-state index is 0.0603. The molecule has 0 radical (unpaired) electrons. The normalized spacial score (nSPS) is 18.1. The van der Waals surface area contributed by atoms with Gasteiger partial charge in [-0.2, -0.15) is 0 Å². The smallest absolute Gasteiger partial charge is 0.289 e. The molecule has 3 heterocycles. The van der Waals surface area contributed by atoms with Crippen LogP contribution in [0.5, 0.6) is 0 Å². The van der Waals surface area contributed by atoms with Crippen molar-refractivity contribution in [1.29, 1.82) is 0 Å². The van der Waals surface area contributed by atoms with Crippen molar-refractivity contribution in [2.75, 3.05) is 26.2 Å². The summed E-state index contributed by atoms with van der Waals surface area (Å²) in [5.74, 6) is 0.399. The summed E-state index contributed by atoms with van der Waals surface area (Å²) in [5.41, 5.74) is 3.70. The van der Waals surface area contributed by atoms with Crippen molar-refractivity contribution >= 4 is 22.8 Å². The maximum atomic E-state index is 12.9. The molecule has 2 amide bonds. The average molecular weight is 466 g/mol. The van der Waals surface area contributed by atoms with Gasteiger partial charge in [0.1, 0.15) is 5.58 Å². The summed E-state index contributed by atoms with van der Waals surface area (Å²) in [6.45, 7) is 2.73. The summed E-state index contributed by atoms with van der Waals surface area (Å²) in [6.07, 6.45) is 0.900. The fourth-order valence-corrected chi connectivity index (χ4v) is 5.03. The lowest BCUT2D eigenvalue weighted by atomic mass is 10.0. The third kappa shape index (κ3) is 4.33. The Morgan fingerprint density at radius 1 is 0.743 bits per heavy atom. The minimum atomic E-state index is -0.0603. The Labute approximate surface area is 204 Å². The molecule has 0 spiro atoms. The van der Waals surface area contributed by atoms with E-state index >= 15 is 0 Å². The second-order valence-corrected chi connectivity index (χ2v) is 9.40. The fourth-order valence-electron chi connectivity index (χ4n) is 5.03. The van der Waals surface area contributed by atoms with Gasteiger partial charge >= 0.3 is 0 Å². The van der Waals surface area contributed by atoms with E-state index in [1.807, 2.05) is 82.6 Å². The average Bonchev–Trinajstić information content (AvgIpc) is 3.53. The van der Waals surface area contributed by atoms with Crippen molar-refractivity contribution in [3.8, 4) is 11.1 Å². The van der Waals surface area contributed by atoms with E-state index in [-0.39, 0.29) is 23.9 Å². The number of likely N-dealkylation sites (tertiary alicyclic amines) is 2. The maximum absolute atomic E-state index is 12.9. The predicted molar refractivity (Wildman–Crippen MR) is 135 cm³/mol. The van der Waals surface area contributed by atoms with Gasteiger partial charge in [-0.15, -0.1) is 0 Å². The van der Waals surface area contributed by atoms with Crippen LogP contribution in [0.25, 0.3) is 22.1 Å². The lowest BCUT2D eigenvalue weighted by Crippen LogP contribution is -2.62. The Morgan fingerprint density at radius 3 is 2.20 bits per heavy atom. The van der Waals surface area contributed by atoms with Crippen LogP contribution in [0.2, 0.25) is 0 Å². The van der Waals surface area contributed by atoms with Gasteiger partial charge in [-0.1, -0.05) is 60.7 Å². The second-order valence-electron chi connectivity index (χ2n) is 9.40. The molecule has 6 nitrogen and oxygen atoms in total. The number of hydrogen-bond donors (Lipinski definition) is 1. The molecule has 0 saturated carbocycles. The Balaban J connectivity index is 0.997. The van der Waals surface area contributed by atoms with Gasteiger partial charge in [0.2, 0.25) is 0 Å². The van der Waals surface area contributed by atoms with Crippen molar-refractivity contribution in [2.45, 2.75) is 18.5 Å². The molecule has 35 heavy (non-hydrogen) atoms. The molecule has 2 aliphatic rings. The Bertz CT molecular complexity index is 1320. The van der Waals surface area contributed by atoms with E-state index in [9.17, 15) is 9.59 Å². The molecule has 176 valence electrons. The molecule has 1 aromatic heterocycles. The van der Waals surface area contributed by atoms with Crippen molar-refractivity contribution < 1.29 is 14.0 Å². The minimum Gasteiger partial charge on any atom is -0.451 e. The van der Waals surface area contributed by atoms with Gasteiger partial charge in [0.15, 0.2) is 5.76 Å². The SMILES string of the molecule is O=C(c1ccc(-c2ccccc2)cc1)N1CC(N[C@H]2CCN(C(=O)c3cc4ccccc4o3)C2)C1. The van der Waals surface area contributed by atoms with Gasteiger partial charge < -0.3 is 19.5 Å². The summed E-state index contributed by atoms with van der Waals surface area (Å²) in [4.78, 5) is 29.5. The van der Waals surface area contributed by atoms with E-state index in [1.54, 1.807) is 0 Å². The molecule has 0 aliphatic carbocycles. The largest absolute Gasteiger partial charge is 0.451 e. The zero-order chi connectivity index (χ0) is 23.8. The molecule has 3 aromatic carbocycles. The number of amides is 2. The molecule has 0 unspecified atom stereocenters. The van der Waals surface area contributed by atoms with E-state index in [2.05, 4.69) is 17.4 Å². The van der Waals surface area contributed by atoms with Crippen molar-refractivity contribution in [3.05, 3.63) is 96.3 Å². The molecule has 0 bridgehead atoms. The van der Waals surface area contributed by atoms with E-state index < -0.39 is 0 Å². The molecule has 2 saturated heterocycles. The van der Waals surface area contributed by atoms with Crippen LogP contribution in [-0.2, 0) is 0 Å². The molecule has 4 aromatic rings. The number of fused-ring (bicyclic) bond motifs is 1. The molecule has 2 aliphatic heterocycles. The number of para-hydroxylation sites is 1. The molecule has 2 fully saturated rings. The zero-order valence-corrected chi connectivity index (χ0v) is 19.4. The Hall–Kier alpha value is -3.90. The van der Waals surface area contributed by atoms with Crippen LogP contribution < -0.4 is 5.32 Å². The first-order valence-electron chi connectivity index (χ1n) is 12.1. The van der Waals surface area contributed by atoms with Crippen LogP contribution >= 0.6 is 0 Å². The predicted octanol–water partition coefficient (Wildman–Crippen LogP) is 4.43. The number of nitrogens with one attached hydrogen (secondary N) is 1. The monoisotopic (exact) mass is 465 g/mol. The number of rotatable bonds is 5. The van der Waals surface area contributed by atoms with E-state index in [0.29, 0.717) is 37.5 Å². The Morgan fingerprint density at radius 2 is 1.43 bits per heavy atom. The highest BCUT2D eigenvalue weighted by Gasteiger charge is 2.35. The molecule has 1 atom stereocenters. The van der Waals surface area contributed by atoms with Crippen LogP contribution in [0.1, 0.15) is 27.3 Å². The third-order valence-corrected chi connectivity index (χ3v) is 6.99. The number of nitrogens with zero attached hydrogens (tertiary/aromatic N) is 2. The molecular formula is C29H27N3O3. The molecule has 6 heteroatoms. The van der Waals surface area contributed by atoms with Gasteiger partial charge in [0.05, 0.1) is 0 Å². The molecule has 6 rings (SSSR count). The van der Waals surface area contributed by atoms with Gasteiger partial charge in [-0.25, -0.2) is 0 Å². The highest BCUT2D eigenvalue weighted by Crippen LogP contribution is 2.24. The lowest BCUT2D eigenvalue weighted by molar-refractivity contribution is 0.0552. The van der Waals surface area contributed by atoms with Gasteiger partial charge in [0.25, 0.3) is 11.8 Å². The maximum Gasteiger partial charge on any atom is 0.289 e. The quantitative estimate of drug-likeness (QED) is 0.474. The zero-order valence-electron chi connectivity index (χ0n) is 19.4. The first-order chi connectivity index (χ1) is 17.1. The van der Waals surface area contributed by atoms with Crippen LogP contribution in [-0.4, -0.2) is 59.9 Å². The first-order valence-corrected chi connectivity index (χ1v) is 12.1. The second kappa shape index (κ2) is 9.04. The summed E-state index contributed by atoms with van der Waals surface area (Å²) in [5, 5.41) is 4.57. The number of benzene rings is 3. The summed E-state index contributed by atoms with van der Waals surface area (Å²) < 4.78 is 5.75. The van der Waals surface area contributed by atoms with Crippen LogP contribution in [0.3, 0.4) is 0 Å². The van der Waals surface area contributed by atoms with Crippen LogP contribution in [0.4, 0.5) is 0 Å². The topological polar surface area (TPSA) is 65.8 Å². The van der Waals surface area contributed by atoms with Crippen LogP contribution in [0.15, 0.2) is 89.3 Å². The number of carbonyl (C=O) groups is 2. The van der Waals surface area contributed by atoms with E-state index in [4.69, 9.17) is 4.42 Å². The third-order valence-electron chi connectivity index (χ3n) is 6.99. The van der Waals surface area contributed by atoms with E-state index in [1.165, 1.54) is 0 Å². The lowest BCUT2D eigenvalue weighted by Gasteiger charge is -2.41. The Kier molecular flexibility index (Phi) is 5.58. The number of carbonyl (C=O) groups excluding carboxylic acids is 2. The number of furan rings is 1. The van der Waals surface area contributed by atoms with Gasteiger partial charge in [-0.3, -0.25) is 9.59 Å². The fraction of sp³-hybridized carbons (Fsp3) is 0.241. The van der Waals surface area contributed by atoms with Crippen molar-refractivity contribution in [3.63, 3.8) is 0 Å². The molecule has 1 N–H and O–H groups in total. The molecular weight excluding hydrogens is 438 g/mol. The van der Waals surface area contributed by atoms with Crippen molar-refractivity contribution in [2.24, 2.45) is 0 Å². The standard InChI is InChI=1S/C29H27N3O3/c33-28(22-12-10-21(11-13-22)20-6-2-1-3-7-20)32-18-25(19-32)30-24-14-15-31(17-24)29(34)27-16-23-8-4-5-9-26(23)35-27/h1-13,16,24-25,30H,14-15,17-19H2/t24-/m0/s1. The summed E-state index contributed by atoms with van der Waals surface area (Å²) >= 11 is 0. The van der Waals surface area contributed by atoms with Crippen LogP contribution in [0, 0.1) is 0 Å². The van der Waals surface area contributed by atoms with Gasteiger partial charge in [-0.05, 0) is 41.8 Å². The van der Waals surface area contributed by atoms with Gasteiger partial charge in [0, 0.05) is 49.2 Å². The highest BCUT2D eigenvalue weighted by molar-refractivity contribution is 5.96. The summed E-state index contributed by atoms with van der Waals surface area (Å²) in [7, 11) is 0. The number of hydrogen-bond acceptors (Lipinski definition) is 4. The van der Waals surface area contributed by atoms with E-state index in [0.717, 1.165) is 28.5 Å².